The summed E-state index contributed by atoms with van der Waals surface area (Å²) in [4.78, 5) is 8.75. The van der Waals surface area contributed by atoms with Crippen LogP contribution in [0.2, 0.25) is 0 Å². The van der Waals surface area contributed by atoms with Crippen LogP contribution >= 0.6 is 11.3 Å². The van der Waals surface area contributed by atoms with E-state index >= 15 is 0 Å². The first-order valence-electron chi connectivity index (χ1n) is 5.95. The number of hydrogen-bond acceptors (Lipinski definition) is 4. The molecule has 2 heterocycles. The number of halogens is 1. The van der Waals surface area contributed by atoms with Crippen LogP contribution in [0.25, 0.3) is 22.6 Å². The van der Waals surface area contributed by atoms with E-state index in [1.165, 1.54) is 23.5 Å². The van der Waals surface area contributed by atoms with Gasteiger partial charge >= 0.3 is 0 Å². The van der Waals surface area contributed by atoms with Crippen LogP contribution in [-0.4, -0.2) is 14.5 Å². The standard InChI is InChI=1S/C13H13FN4S/c1-7(2)18-11-4-3-8(14)5-9(11)16-12(18)10-6-19-13(15)17-10/h3-7H,1-2H3,(H2,15,17). The first-order valence-corrected chi connectivity index (χ1v) is 6.83. The molecule has 4 nitrogen and oxygen atoms in total. The molecule has 0 fully saturated rings. The number of nitrogens with zero attached hydrogens (tertiary/aromatic N) is 3. The zero-order valence-electron chi connectivity index (χ0n) is 10.6. The van der Waals surface area contributed by atoms with Crippen molar-refractivity contribution in [1.82, 2.24) is 14.5 Å². The van der Waals surface area contributed by atoms with Gasteiger partial charge in [-0.05, 0) is 26.0 Å². The van der Waals surface area contributed by atoms with Gasteiger partial charge in [0.25, 0.3) is 0 Å². The van der Waals surface area contributed by atoms with Gasteiger partial charge in [0.1, 0.15) is 11.5 Å². The van der Waals surface area contributed by atoms with Gasteiger partial charge in [-0.2, -0.15) is 0 Å². The lowest BCUT2D eigenvalue weighted by molar-refractivity contribution is 0.620. The molecule has 0 amide bonds. The third-order valence-corrected chi connectivity index (χ3v) is 3.59. The molecule has 0 atom stereocenters. The van der Waals surface area contributed by atoms with Crippen LogP contribution in [-0.2, 0) is 0 Å². The molecule has 0 aliphatic heterocycles. The Labute approximate surface area is 113 Å². The Morgan fingerprint density at radius 1 is 1.32 bits per heavy atom. The van der Waals surface area contributed by atoms with Crippen LogP contribution in [0.3, 0.4) is 0 Å². The molecule has 6 heteroatoms. The number of fused-ring (bicyclic) bond motifs is 1. The highest BCUT2D eigenvalue weighted by Crippen LogP contribution is 2.29. The lowest BCUT2D eigenvalue weighted by Gasteiger charge is -2.11. The highest BCUT2D eigenvalue weighted by Gasteiger charge is 2.17. The predicted octanol–water partition coefficient (Wildman–Crippen LogP) is 3.46. The molecular weight excluding hydrogens is 263 g/mol. The van der Waals surface area contributed by atoms with Crippen LogP contribution in [0.15, 0.2) is 23.6 Å². The largest absolute Gasteiger partial charge is 0.375 e. The number of nitrogens with two attached hydrogens (primary N) is 1. The lowest BCUT2D eigenvalue weighted by Crippen LogP contribution is -2.03. The highest BCUT2D eigenvalue weighted by molar-refractivity contribution is 7.13. The molecule has 0 unspecified atom stereocenters. The van der Waals surface area contributed by atoms with Crippen LogP contribution in [0.1, 0.15) is 19.9 Å². The number of aromatic nitrogens is 3. The van der Waals surface area contributed by atoms with Gasteiger partial charge in [-0.25, -0.2) is 14.4 Å². The average Bonchev–Trinajstić information content (AvgIpc) is 2.91. The summed E-state index contributed by atoms with van der Waals surface area (Å²) in [5, 5.41) is 2.37. The minimum Gasteiger partial charge on any atom is -0.375 e. The number of rotatable bonds is 2. The van der Waals surface area contributed by atoms with Crippen LogP contribution in [0.5, 0.6) is 0 Å². The summed E-state index contributed by atoms with van der Waals surface area (Å²) in [7, 11) is 0. The van der Waals surface area contributed by atoms with Crippen molar-refractivity contribution in [2.24, 2.45) is 0 Å². The SMILES string of the molecule is CC(C)n1c(-c2csc(N)n2)nc2cc(F)ccc21. The molecule has 3 aromatic rings. The molecule has 0 radical (unpaired) electrons. The maximum atomic E-state index is 13.3. The van der Waals surface area contributed by atoms with Crippen molar-refractivity contribution in [3.8, 4) is 11.5 Å². The van der Waals surface area contributed by atoms with Crippen molar-refractivity contribution in [2.75, 3.05) is 5.73 Å². The first-order chi connectivity index (χ1) is 9.06. The van der Waals surface area contributed by atoms with E-state index in [2.05, 4.69) is 23.8 Å². The number of imidazole rings is 1. The maximum Gasteiger partial charge on any atom is 0.180 e. The molecule has 0 spiro atoms. The van der Waals surface area contributed by atoms with Crippen molar-refractivity contribution in [1.29, 1.82) is 0 Å². The smallest absolute Gasteiger partial charge is 0.180 e. The van der Waals surface area contributed by atoms with Gasteiger partial charge in [-0.1, -0.05) is 0 Å². The van der Waals surface area contributed by atoms with E-state index in [-0.39, 0.29) is 11.9 Å². The molecule has 19 heavy (non-hydrogen) atoms. The first kappa shape index (κ1) is 12.1. The summed E-state index contributed by atoms with van der Waals surface area (Å²) >= 11 is 1.37. The maximum absolute atomic E-state index is 13.3. The Balaban J connectivity index is 2.31. The van der Waals surface area contributed by atoms with Crippen LogP contribution < -0.4 is 5.73 Å². The van der Waals surface area contributed by atoms with E-state index in [1.807, 2.05) is 9.95 Å². The number of anilines is 1. The topological polar surface area (TPSA) is 56.7 Å². The van der Waals surface area contributed by atoms with Crippen molar-refractivity contribution in [3.63, 3.8) is 0 Å². The molecule has 0 saturated carbocycles. The number of benzene rings is 1. The van der Waals surface area contributed by atoms with Gasteiger partial charge in [0.15, 0.2) is 11.0 Å². The normalized spacial score (nSPS) is 11.6. The molecule has 2 N–H and O–H groups in total. The molecule has 98 valence electrons. The van der Waals surface area contributed by atoms with E-state index < -0.39 is 0 Å². The summed E-state index contributed by atoms with van der Waals surface area (Å²) in [6.45, 7) is 4.12. The third kappa shape index (κ3) is 1.98. The quantitative estimate of drug-likeness (QED) is 0.779. The van der Waals surface area contributed by atoms with Gasteiger partial charge in [0, 0.05) is 17.5 Å². The molecule has 2 aromatic heterocycles. The zero-order valence-corrected chi connectivity index (χ0v) is 11.4. The Morgan fingerprint density at radius 3 is 2.74 bits per heavy atom. The number of hydrogen-bond donors (Lipinski definition) is 1. The average molecular weight is 276 g/mol. The lowest BCUT2D eigenvalue weighted by atomic mass is 10.3. The fourth-order valence-corrected chi connectivity index (χ4v) is 2.71. The molecule has 1 aromatic carbocycles. The van der Waals surface area contributed by atoms with E-state index in [9.17, 15) is 4.39 Å². The third-order valence-electron chi connectivity index (χ3n) is 2.92. The molecule has 0 saturated heterocycles. The van der Waals surface area contributed by atoms with Crippen molar-refractivity contribution in [3.05, 3.63) is 29.4 Å². The minimum atomic E-state index is -0.287. The Morgan fingerprint density at radius 2 is 2.11 bits per heavy atom. The second-order valence-electron chi connectivity index (χ2n) is 4.60. The van der Waals surface area contributed by atoms with E-state index in [0.29, 0.717) is 10.6 Å². The highest BCUT2D eigenvalue weighted by atomic mass is 32.1. The zero-order chi connectivity index (χ0) is 13.6. The second kappa shape index (κ2) is 4.31. The Kier molecular flexibility index (Phi) is 2.74. The summed E-state index contributed by atoms with van der Waals surface area (Å²) in [6.07, 6.45) is 0. The Bertz CT molecular complexity index is 744. The van der Waals surface area contributed by atoms with Gasteiger partial charge in [-0.15, -0.1) is 11.3 Å². The van der Waals surface area contributed by atoms with Gasteiger partial charge in [-0.3, -0.25) is 0 Å². The van der Waals surface area contributed by atoms with Gasteiger partial charge in [0.2, 0.25) is 0 Å². The van der Waals surface area contributed by atoms with Gasteiger partial charge < -0.3 is 10.3 Å². The molecule has 0 aliphatic carbocycles. The fourth-order valence-electron chi connectivity index (χ4n) is 2.17. The van der Waals surface area contributed by atoms with Crippen LogP contribution in [0.4, 0.5) is 9.52 Å². The van der Waals surface area contributed by atoms with E-state index in [4.69, 9.17) is 5.73 Å². The molecule has 0 aliphatic rings. The molecular formula is C13H13FN4S. The monoisotopic (exact) mass is 276 g/mol. The molecule has 0 bridgehead atoms. The van der Waals surface area contributed by atoms with Crippen molar-refractivity contribution >= 4 is 27.5 Å². The number of nitrogen functional groups attached to an aromatic ring is 1. The minimum absolute atomic E-state index is 0.202. The summed E-state index contributed by atoms with van der Waals surface area (Å²) in [5.74, 6) is 0.439. The second-order valence-corrected chi connectivity index (χ2v) is 5.49. The van der Waals surface area contributed by atoms with E-state index in [1.54, 1.807) is 6.07 Å². The predicted molar refractivity (Wildman–Crippen MR) is 75.6 cm³/mol. The number of thiazole rings is 1. The van der Waals surface area contributed by atoms with Crippen molar-refractivity contribution in [2.45, 2.75) is 19.9 Å². The van der Waals surface area contributed by atoms with Crippen LogP contribution in [0, 0.1) is 5.82 Å². The summed E-state index contributed by atoms with van der Waals surface area (Å²) < 4.78 is 15.3. The van der Waals surface area contributed by atoms with Crippen molar-refractivity contribution < 1.29 is 4.39 Å². The van der Waals surface area contributed by atoms with E-state index in [0.717, 1.165) is 17.0 Å². The summed E-state index contributed by atoms with van der Waals surface area (Å²) in [5.41, 5.74) is 7.94. The summed E-state index contributed by atoms with van der Waals surface area (Å²) in [6, 6.07) is 4.83. The molecule has 3 rings (SSSR count). The fraction of sp³-hybridized carbons (Fsp3) is 0.231. The Hall–Kier alpha value is -1.95. The van der Waals surface area contributed by atoms with Gasteiger partial charge in [0.05, 0.1) is 11.0 Å².